The van der Waals surface area contributed by atoms with Crippen molar-refractivity contribution < 1.29 is 0 Å². The van der Waals surface area contributed by atoms with Crippen molar-refractivity contribution in [3.05, 3.63) is 35.4 Å². The largest absolute Gasteiger partial charge is 0.356 e. The first kappa shape index (κ1) is 25.4. The first-order valence-corrected chi connectivity index (χ1v) is 11.7. The van der Waals surface area contributed by atoms with E-state index in [2.05, 4.69) is 56.6 Å². The van der Waals surface area contributed by atoms with Crippen molar-refractivity contribution in [2.75, 3.05) is 46.3 Å². The maximum Gasteiger partial charge on any atom is 0.191 e. The number of aliphatic imine (C=N–C) groups is 1. The summed E-state index contributed by atoms with van der Waals surface area (Å²) >= 11 is 0. The molecule has 0 spiro atoms. The van der Waals surface area contributed by atoms with E-state index in [9.17, 15) is 0 Å². The summed E-state index contributed by atoms with van der Waals surface area (Å²) in [6.45, 7) is 11.6. The molecule has 2 N–H and O–H groups in total. The summed E-state index contributed by atoms with van der Waals surface area (Å²) in [5, 5.41) is 6.90. The van der Waals surface area contributed by atoms with E-state index < -0.39 is 0 Å². The lowest BCUT2D eigenvalue weighted by atomic mass is 9.99. The highest BCUT2D eigenvalue weighted by Gasteiger charge is 2.14. The van der Waals surface area contributed by atoms with E-state index in [1.807, 2.05) is 7.05 Å². The minimum Gasteiger partial charge on any atom is -0.356 e. The number of benzene rings is 1. The molecule has 0 saturated carbocycles. The molecule has 0 radical (unpaired) electrons. The van der Waals surface area contributed by atoms with Crippen LogP contribution in [0.1, 0.15) is 56.6 Å². The molecule has 2 aliphatic rings. The average Bonchev–Trinajstić information content (AvgIpc) is 3.25. The van der Waals surface area contributed by atoms with Crippen LogP contribution in [0, 0.1) is 5.92 Å². The van der Waals surface area contributed by atoms with E-state index in [-0.39, 0.29) is 24.0 Å². The molecule has 3 rings (SSSR count). The molecule has 2 heterocycles. The van der Waals surface area contributed by atoms with Crippen LogP contribution >= 0.6 is 24.0 Å². The van der Waals surface area contributed by atoms with Gasteiger partial charge in [0.1, 0.15) is 0 Å². The predicted octanol–water partition coefficient (Wildman–Crippen LogP) is 4.08. The van der Waals surface area contributed by atoms with Gasteiger partial charge >= 0.3 is 0 Å². The first-order chi connectivity index (χ1) is 14.2. The van der Waals surface area contributed by atoms with Gasteiger partial charge in [-0.05, 0) is 88.3 Å². The molecule has 5 nitrogen and oxygen atoms in total. The van der Waals surface area contributed by atoms with Gasteiger partial charge in [-0.3, -0.25) is 9.89 Å². The van der Waals surface area contributed by atoms with Gasteiger partial charge in [-0.25, -0.2) is 0 Å². The minimum absolute atomic E-state index is 0. The maximum atomic E-state index is 4.36. The molecular weight excluding hydrogens is 485 g/mol. The molecule has 0 amide bonds. The third-order valence-corrected chi connectivity index (χ3v) is 6.38. The Balaban J connectivity index is 0.00000320. The Morgan fingerprint density at radius 3 is 2.27 bits per heavy atom. The lowest BCUT2D eigenvalue weighted by Crippen LogP contribution is -2.38. The Morgan fingerprint density at radius 2 is 1.60 bits per heavy atom. The summed E-state index contributed by atoms with van der Waals surface area (Å²) in [4.78, 5) is 9.53. The van der Waals surface area contributed by atoms with Crippen LogP contribution in [0.2, 0.25) is 0 Å². The van der Waals surface area contributed by atoms with E-state index in [4.69, 9.17) is 0 Å². The Bertz CT molecular complexity index is 605. The number of likely N-dealkylation sites (tertiary alicyclic amines) is 2. The Kier molecular flexibility index (Phi) is 12.1. The Labute approximate surface area is 201 Å². The van der Waals surface area contributed by atoms with E-state index >= 15 is 0 Å². The van der Waals surface area contributed by atoms with Crippen LogP contribution in [0.5, 0.6) is 0 Å². The van der Waals surface area contributed by atoms with E-state index in [0.717, 1.165) is 31.5 Å². The highest BCUT2D eigenvalue weighted by molar-refractivity contribution is 14.0. The molecule has 2 saturated heterocycles. The maximum absolute atomic E-state index is 4.36. The third-order valence-electron chi connectivity index (χ3n) is 6.38. The van der Waals surface area contributed by atoms with Gasteiger partial charge in [-0.2, -0.15) is 0 Å². The fourth-order valence-electron chi connectivity index (χ4n) is 4.32. The molecule has 170 valence electrons. The summed E-state index contributed by atoms with van der Waals surface area (Å²) < 4.78 is 0. The van der Waals surface area contributed by atoms with Crippen LogP contribution in [-0.2, 0) is 13.1 Å². The number of hydrogen-bond donors (Lipinski definition) is 2. The molecule has 6 heteroatoms. The van der Waals surface area contributed by atoms with E-state index in [1.165, 1.54) is 82.4 Å². The summed E-state index contributed by atoms with van der Waals surface area (Å²) in [5.41, 5.74) is 2.72. The second-order valence-electron chi connectivity index (χ2n) is 8.88. The van der Waals surface area contributed by atoms with Gasteiger partial charge in [0.25, 0.3) is 0 Å². The number of unbranched alkanes of at least 4 members (excludes halogenated alkanes) is 1. The van der Waals surface area contributed by atoms with Gasteiger partial charge < -0.3 is 15.5 Å². The second kappa shape index (κ2) is 14.2. The van der Waals surface area contributed by atoms with Crippen molar-refractivity contribution >= 4 is 29.9 Å². The molecule has 0 unspecified atom stereocenters. The molecule has 2 fully saturated rings. The number of rotatable bonds is 9. The zero-order valence-electron chi connectivity index (χ0n) is 19.0. The number of piperidine rings is 1. The van der Waals surface area contributed by atoms with Crippen LogP contribution in [0.25, 0.3) is 0 Å². The average molecular weight is 528 g/mol. The van der Waals surface area contributed by atoms with Gasteiger partial charge in [-0.1, -0.05) is 31.2 Å². The number of nitrogens with zero attached hydrogens (tertiary/aromatic N) is 3. The molecule has 1 aromatic rings. The number of hydrogen-bond acceptors (Lipinski definition) is 3. The SMILES string of the molecule is CN=C(NCCCCN1CCC(C)CC1)NCc1ccc(CN2CCCC2)cc1.I. The smallest absolute Gasteiger partial charge is 0.191 e. The van der Waals surface area contributed by atoms with Crippen molar-refractivity contribution in [1.29, 1.82) is 0 Å². The highest BCUT2D eigenvalue weighted by Crippen LogP contribution is 2.16. The number of guanidine groups is 1. The van der Waals surface area contributed by atoms with Crippen LogP contribution in [0.4, 0.5) is 0 Å². The molecular formula is C24H42IN5. The van der Waals surface area contributed by atoms with Gasteiger partial charge in [-0.15, -0.1) is 24.0 Å². The molecule has 0 atom stereocenters. The van der Waals surface area contributed by atoms with Crippen molar-refractivity contribution in [3.63, 3.8) is 0 Å². The van der Waals surface area contributed by atoms with Crippen LogP contribution in [0.15, 0.2) is 29.3 Å². The topological polar surface area (TPSA) is 42.9 Å². The highest BCUT2D eigenvalue weighted by atomic mass is 127. The molecule has 0 aromatic heterocycles. The summed E-state index contributed by atoms with van der Waals surface area (Å²) in [6, 6.07) is 9.02. The van der Waals surface area contributed by atoms with E-state index in [1.54, 1.807) is 0 Å². The molecule has 0 bridgehead atoms. The standard InChI is InChI=1S/C24H41N5.HI/c1-21-11-17-28(18-12-21)14-4-3-13-26-24(25-2)27-19-22-7-9-23(10-8-22)20-29-15-5-6-16-29;/h7-10,21H,3-6,11-20H2,1-2H3,(H2,25,26,27);1H. The molecule has 0 aliphatic carbocycles. The molecule has 30 heavy (non-hydrogen) atoms. The van der Waals surface area contributed by atoms with Gasteiger partial charge in [0, 0.05) is 26.7 Å². The first-order valence-electron chi connectivity index (χ1n) is 11.7. The minimum atomic E-state index is 0. The Morgan fingerprint density at radius 1 is 0.933 bits per heavy atom. The van der Waals surface area contributed by atoms with Crippen molar-refractivity contribution in [2.24, 2.45) is 10.9 Å². The van der Waals surface area contributed by atoms with Gasteiger partial charge in [0.2, 0.25) is 0 Å². The number of nitrogens with one attached hydrogen (secondary N) is 2. The Hall–Kier alpha value is -0.860. The zero-order valence-corrected chi connectivity index (χ0v) is 21.4. The lowest BCUT2D eigenvalue weighted by Gasteiger charge is -2.30. The summed E-state index contributed by atoms with van der Waals surface area (Å²) in [7, 11) is 1.85. The molecule has 1 aromatic carbocycles. The zero-order chi connectivity index (χ0) is 20.3. The van der Waals surface area contributed by atoms with Crippen LogP contribution < -0.4 is 10.6 Å². The van der Waals surface area contributed by atoms with E-state index in [0.29, 0.717) is 0 Å². The quantitative estimate of drug-likeness (QED) is 0.220. The third kappa shape index (κ3) is 9.10. The van der Waals surface area contributed by atoms with Crippen molar-refractivity contribution in [2.45, 2.75) is 58.5 Å². The monoisotopic (exact) mass is 527 g/mol. The second-order valence-corrected chi connectivity index (χ2v) is 8.88. The fraction of sp³-hybridized carbons (Fsp3) is 0.708. The fourth-order valence-corrected chi connectivity index (χ4v) is 4.32. The molecule has 2 aliphatic heterocycles. The predicted molar refractivity (Wildman–Crippen MR) is 139 cm³/mol. The van der Waals surface area contributed by atoms with Crippen LogP contribution in [0.3, 0.4) is 0 Å². The normalized spacial score (nSPS) is 18.9. The van der Waals surface area contributed by atoms with Gasteiger partial charge in [0.15, 0.2) is 5.96 Å². The van der Waals surface area contributed by atoms with Gasteiger partial charge in [0.05, 0.1) is 0 Å². The number of halogens is 1. The van der Waals surface area contributed by atoms with Crippen LogP contribution in [-0.4, -0.2) is 62.1 Å². The van der Waals surface area contributed by atoms with Crippen molar-refractivity contribution in [3.8, 4) is 0 Å². The summed E-state index contributed by atoms with van der Waals surface area (Å²) in [6.07, 6.45) is 7.90. The summed E-state index contributed by atoms with van der Waals surface area (Å²) in [5.74, 6) is 1.82. The van der Waals surface area contributed by atoms with Crippen molar-refractivity contribution in [1.82, 2.24) is 20.4 Å². The lowest BCUT2D eigenvalue weighted by molar-refractivity contribution is 0.189.